The Hall–Kier alpha value is -2.04. The van der Waals surface area contributed by atoms with Gasteiger partial charge in [0.15, 0.2) is 0 Å². The van der Waals surface area contributed by atoms with Crippen LogP contribution in [-0.4, -0.2) is 30.6 Å². The highest BCUT2D eigenvalue weighted by molar-refractivity contribution is 5.95. The van der Waals surface area contributed by atoms with Gasteiger partial charge in [-0.05, 0) is 18.6 Å². The summed E-state index contributed by atoms with van der Waals surface area (Å²) in [7, 11) is 1.55. The van der Waals surface area contributed by atoms with E-state index in [4.69, 9.17) is 9.84 Å². The lowest BCUT2D eigenvalue weighted by Crippen LogP contribution is -2.42. The molecular weight excluding hydrogens is 234 g/mol. The van der Waals surface area contributed by atoms with Crippen molar-refractivity contribution < 1.29 is 19.4 Å². The first kappa shape index (κ1) is 12.4. The number of hydrogen-bond acceptors (Lipinski definition) is 3. The molecule has 1 fully saturated rings. The summed E-state index contributed by atoms with van der Waals surface area (Å²) in [6.45, 7) is 0.224. The summed E-state index contributed by atoms with van der Waals surface area (Å²) in [5, 5.41) is 9.03. The van der Waals surface area contributed by atoms with E-state index in [2.05, 4.69) is 0 Å². The summed E-state index contributed by atoms with van der Waals surface area (Å²) in [6.07, 6.45) is 0.683. The molecule has 1 saturated heterocycles. The highest BCUT2D eigenvalue weighted by atomic mass is 16.5. The van der Waals surface area contributed by atoms with E-state index in [-0.39, 0.29) is 18.9 Å². The van der Waals surface area contributed by atoms with Gasteiger partial charge in [-0.15, -0.1) is 0 Å². The summed E-state index contributed by atoms with van der Waals surface area (Å²) in [5.74, 6) is -0.734. The fourth-order valence-corrected chi connectivity index (χ4v) is 2.08. The minimum atomic E-state index is -0.851. The van der Waals surface area contributed by atoms with Gasteiger partial charge in [0.05, 0.1) is 13.0 Å². The van der Waals surface area contributed by atoms with Crippen LogP contribution in [0.15, 0.2) is 24.3 Å². The number of carboxylic acids is 1. The van der Waals surface area contributed by atoms with Crippen LogP contribution in [0, 0.1) is 5.92 Å². The second kappa shape index (κ2) is 5.08. The summed E-state index contributed by atoms with van der Waals surface area (Å²) in [4.78, 5) is 24.4. The predicted octanol–water partition coefficient (Wildman–Crippen LogP) is 1.52. The molecule has 0 bridgehead atoms. The lowest BCUT2D eigenvalue weighted by atomic mass is 9.97. The molecule has 1 N–H and O–H groups in total. The van der Waals surface area contributed by atoms with E-state index in [1.54, 1.807) is 31.4 Å². The maximum atomic E-state index is 11.9. The van der Waals surface area contributed by atoms with Crippen molar-refractivity contribution in [3.05, 3.63) is 24.3 Å². The molecule has 0 aromatic heterocycles. The number of rotatable bonds is 3. The number of piperidine rings is 1. The Morgan fingerprint density at radius 2 is 2.28 bits per heavy atom. The second-order valence-electron chi connectivity index (χ2n) is 4.28. The number of anilines is 1. The van der Waals surface area contributed by atoms with Gasteiger partial charge >= 0.3 is 5.97 Å². The van der Waals surface area contributed by atoms with E-state index in [1.807, 2.05) is 0 Å². The fourth-order valence-electron chi connectivity index (χ4n) is 2.08. The van der Waals surface area contributed by atoms with Gasteiger partial charge in [-0.3, -0.25) is 9.59 Å². The SMILES string of the molecule is COc1cccc(N2CC(C(=O)O)CCC2=O)c1. The molecule has 18 heavy (non-hydrogen) atoms. The maximum absolute atomic E-state index is 11.9. The molecule has 1 atom stereocenters. The van der Waals surface area contributed by atoms with Crippen molar-refractivity contribution >= 4 is 17.6 Å². The van der Waals surface area contributed by atoms with E-state index < -0.39 is 11.9 Å². The number of carbonyl (C=O) groups is 2. The summed E-state index contributed by atoms with van der Waals surface area (Å²) in [5.41, 5.74) is 0.685. The van der Waals surface area contributed by atoms with Gasteiger partial charge in [0.2, 0.25) is 5.91 Å². The van der Waals surface area contributed by atoms with E-state index in [0.29, 0.717) is 17.9 Å². The lowest BCUT2D eigenvalue weighted by molar-refractivity contribution is -0.142. The van der Waals surface area contributed by atoms with Gasteiger partial charge in [0.1, 0.15) is 5.75 Å². The third-order valence-electron chi connectivity index (χ3n) is 3.12. The highest BCUT2D eigenvalue weighted by Crippen LogP contribution is 2.27. The van der Waals surface area contributed by atoms with Gasteiger partial charge in [0, 0.05) is 24.7 Å². The van der Waals surface area contributed by atoms with Crippen LogP contribution < -0.4 is 9.64 Å². The van der Waals surface area contributed by atoms with Crippen molar-refractivity contribution in [2.75, 3.05) is 18.6 Å². The van der Waals surface area contributed by atoms with Crippen molar-refractivity contribution in [1.29, 1.82) is 0 Å². The third kappa shape index (κ3) is 2.45. The topological polar surface area (TPSA) is 66.8 Å². The quantitative estimate of drug-likeness (QED) is 0.882. The van der Waals surface area contributed by atoms with Crippen LogP contribution in [0.5, 0.6) is 5.75 Å². The van der Waals surface area contributed by atoms with Gasteiger partial charge in [-0.25, -0.2) is 0 Å². The Balaban J connectivity index is 2.23. The highest BCUT2D eigenvalue weighted by Gasteiger charge is 2.30. The smallest absolute Gasteiger partial charge is 0.308 e. The molecule has 5 nitrogen and oxygen atoms in total. The fraction of sp³-hybridized carbons (Fsp3) is 0.385. The number of nitrogens with zero attached hydrogens (tertiary/aromatic N) is 1. The largest absolute Gasteiger partial charge is 0.497 e. The molecule has 0 aliphatic carbocycles. The number of ether oxygens (including phenoxy) is 1. The maximum Gasteiger partial charge on any atom is 0.308 e. The zero-order valence-corrected chi connectivity index (χ0v) is 10.1. The minimum Gasteiger partial charge on any atom is -0.497 e. The van der Waals surface area contributed by atoms with Crippen molar-refractivity contribution in [2.45, 2.75) is 12.8 Å². The number of carbonyl (C=O) groups excluding carboxylic acids is 1. The molecule has 0 spiro atoms. The Bertz CT molecular complexity index is 472. The minimum absolute atomic E-state index is 0.0410. The number of amides is 1. The molecule has 96 valence electrons. The Labute approximate surface area is 105 Å². The third-order valence-corrected chi connectivity index (χ3v) is 3.12. The molecule has 2 rings (SSSR count). The molecular formula is C13H15NO4. The van der Waals surface area contributed by atoms with Crippen LogP contribution >= 0.6 is 0 Å². The van der Waals surface area contributed by atoms with E-state index >= 15 is 0 Å². The van der Waals surface area contributed by atoms with Crippen molar-refractivity contribution in [2.24, 2.45) is 5.92 Å². The van der Waals surface area contributed by atoms with Gasteiger partial charge in [-0.2, -0.15) is 0 Å². The number of aliphatic carboxylic acids is 1. The van der Waals surface area contributed by atoms with Crippen molar-refractivity contribution in [1.82, 2.24) is 0 Å². The molecule has 1 amide bonds. The van der Waals surface area contributed by atoms with Crippen LogP contribution in [0.2, 0.25) is 0 Å². The van der Waals surface area contributed by atoms with Crippen LogP contribution in [0.4, 0.5) is 5.69 Å². The molecule has 1 aromatic rings. The Morgan fingerprint density at radius 3 is 2.94 bits per heavy atom. The van der Waals surface area contributed by atoms with E-state index in [1.165, 1.54) is 4.90 Å². The average Bonchev–Trinajstić information content (AvgIpc) is 2.39. The average molecular weight is 249 g/mol. The normalized spacial score (nSPS) is 19.7. The monoisotopic (exact) mass is 249 g/mol. The molecule has 5 heteroatoms. The Kier molecular flexibility index (Phi) is 3.50. The van der Waals surface area contributed by atoms with Crippen molar-refractivity contribution in [3.8, 4) is 5.75 Å². The molecule has 0 radical (unpaired) electrons. The molecule has 1 aliphatic heterocycles. The lowest BCUT2D eigenvalue weighted by Gasteiger charge is -2.30. The second-order valence-corrected chi connectivity index (χ2v) is 4.28. The van der Waals surface area contributed by atoms with Crippen LogP contribution in [-0.2, 0) is 9.59 Å². The first-order valence-corrected chi connectivity index (χ1v) is 5.79. The van der Waals surface area contributed by atoms with Crippen molar-refractivity contribution in [3.63, 3.8) is 0 Å². The van der Waals surface area contributed by atoms with Crippen LogP contribution in [0.3, 0.4) is 0 Å². The number of methoxy groups -OCH3 is 1. The molecule has 1 aliphatic rings. The van der Waals surface area contributed by atoms with Gasteiger partial charge < -0.3 is 14.7 Å². The zero-order chi connectivity index (χ0) is 13.1. The Morgan fingerprint density at radius 1 is 1.50 bits per heavy atom. The summed E-state index contributed by atoms with van der Waals surface area (Å²) >= 11 is 0. The molecule has 0 saturated carbocycles. The first-order valence-electron chi connectivity index (χ1n) is 5.79. The van der Waals surface area contributed by atoms with Gasteiger partial charge in [-0.1, -0.05) is 6.07 Å². The van der Waals surface area contributed by atoms with Crippen LogP contribution in [0.1, 0.15) is 12.8 Å². The number of carboxylic acid groups (broad SMARTS) is 1. The van der Waals surface area contributed by atoms with E-state index in [0.717, 1.165) is 0 Å². The molecule has 1 heterocycles. The molecule has 1 aromatic carbocycles. The van der Waals surface area contributed by atoms with Crippen LogP contribution in [0.25, 0.3) is 0 Å². The summed E-state index contributed by atoms with van der Waals surface area (Å²) in [6, 6.07) is 7.09. The standard InChI is InChI=1S/C13H15NO4/c1-18-11-4-2-3-10(7-11)14-8-9(13(16)17)5-6-12(14)15/h2-4,7,9H,5-6,8H2,1H3,(H,16,17). The molecule has 1 unspecified atom stereocenters. The zero-order valence-electron chi connectivity index (χ0n) is 10.1. The number of hydrogen-bond donors (Lipinski definition) is 1. The van der Waals surface area contributed by atoms with Gasteiger partial charge in [0.25, 0.3) is 0 Å². The number of benzene rings is 1. The first-order chi connectivity index (χ1) is 8.61. The predicted molar refractivity (Wildman–Crippen MR) is 65.7 cm³/mol. The summed E-state index contributed by atoms with van der Waals surface area (Å²) < 4.78 is 5.10. The van der Waals surface area contributed by atoms with E-state index in [9.17, 15) is 9.59 Å².